The van der Waals surface area contributed by atoms with Gasteiger partial charge in [-0.15, -0.1) is 0 Å². The minimum Gasteiger partial charge on any atom is -0.306 e. The van der Waals surface area contributed by atoms with Crippen molar-refractivity contribution in [1.29, 1.82) is 0 Å². The Balaban J connectivity index is 2.44. The largest absolute Gasteiger partial charge is 0.306 e. The fourth-order valence-corrected chi connectivity index (χ4v) is 1.82. The molecule has 1 unspecified atom stereocenters. The molecule has 2 rings (SSSR count). The normalized spacial score (nSPS) is 12.4. The quantitative estimate of drug-likeness (QED) is 0.904. The summed E-state index contributed by atoms with van der Waals surface area (Å²) in [6.07, 6.45) is 3.06. The number of aromatic nitrogens is 2. The molecular weight excluding hydrogens is 236 g/mol. The van der Waals surface area contributed by atoms with E-state index in [4.69, 9.17) is 0 Å². The average molecular weight is 249 g/mol. The van der Waals surface area contributed by atoms with Crippen LogP contribution in [0.4, 0.5) is 8.78 Å². The molecule has 0 radical (unpaired) electrons. The molecule has 1 aromatic carbocycles. The lowest BCUT2D eigenvalue weighted by atomic mass is 10.00. The number of hydrogen-bond donors (Lipinski definition) is 1. The number of nitrogens with zero attached hydrogens (tertiary/aromatic N) is 2. The van der Waals surface area contributed by atoms with Crippen molar-refractivity contribution in [1.82, 2.24) is 15.5 Å². The van der Waals surface area contributed by atoms with Crippen LogP contribution in [0.25, 0.3) is 0 Å². The number of benzene rings is 1. The lowest BCUT2D eigenvalue weighted by Crippen LogP contribution is -2.23. The zero-order chi connectivity index (χ0) is 13.0. The Morgan fingerprint density at radius 2 is 2.06 bits per heavy atom. The Hall–Kier alpha value is -1.88. The summed E-state index contributed by atoms with van der Waals surface area (Å²) >= 11 is 0. The Morgan fingerprint density at radius 3 is 2.72 bits per heavy atom. The number of halogens is 2. The van der Waals surface area contributed by atoms with Gasteiger partial charge in [-0.05, 0) is 36.4 Å². The molecule has 0 saturated carbocycles. The first kappa shape index (κ1) is 12.6. The summed E-state index contributed by atoms with van der Waals surface area (Å²) in [6.45, 7) is 2.53. The lowest BCUT2D eigenvalue weighted by molar-refractivity contribution is 0.543. The van der Waals surface area contributed by atoms with Gasteiger partial charge in [-0.3, -0.25) is 0 Å². The molecule has 1 atom stereocenters. The molecule has 0 amide bonds. The summed E-state index contributed by atoms with van der Waals surface area (Å²) in [4.78, 5) is 0. The van der Waals surface area contributed by atoms with Gasteiger partial charge in [0, 0.05) is 11.8 Å². The van der Waals surface area contributed by atoms with Crippen molar-refractivity contribution < 1.29 is 8.78 Å². The number of nitrogens with one attached hydrogen (secondary N) is 1. The Labute approximate surface area is 104 Å². The van der Waals surface area contributed by atoms with Gasteiger partial charge in [0.2, 0.25) is 0 Å². The first-order valence-corrected chi connectivity index (χ1v) is 5.67. The van der Waals surface area contributed by atoms with E-state index in [0.29, 0.717) is 6.54 Å². The van der Waals surface area contributed by atoms with Crippen molar-refractivity contribution in [3.63, 3.8) is 0 Å². The van der Waals surface area contributed by atoms with Crippen molar-refractivity contribution in [3.8, 4) is 0 Å². The first-order chi connectivity index (χ1) is 8.72. The minimum absolute atomic E-state index is 0.268. The molecule has 18 heavy (non-hydrogen) atoms. The average Bonchev–Trinajstić information content (AvgIpc) is 2.40. The van der Waals surface area contributed by atoms with Gasteiger partial charge in [-0.2, -0.15) is 10.2 Å². The molecule has 1 aromatic heterocycles. The summed E-state index contributed by atoms with van der Waals surface area (Å²) in [5, 5.41) is 10.5. The van der Waals surface area contributed by atoms with Crippen LogP contribution in [-0.4, -0.2) is 16.7 Å². The standard InChI is InChI=1S/C13H13F2N3/c1-2-16-13(9-5-6-17-18-8-9)11-7-10(14)3-4-12(11)15/h3-8,13,16H,2H2,1H3. The maximum atomic E-state index is 13.8. The summed E-state index contributed by atoms with van der Waals surface area (Å²) in [5.41, 5.74) is 1.02. The highest BCUT2D eigenvalue weighted by molar-refractivity contribution is 5.31. The predicted molar refractivity (Wildman–Crippen MR) is 63.9 cm³/mol. The highest BCUT2D eigenvalue weighted by atomic mass is 19.1. The third kappa shape index (κ3) is 2.68. The van der Waals surface area contributed by atoms with E-state index in [2.05, 4.69) is 15.5 Å². The van der Waals surface area contributed by atoms with Gasteiger partial charge in [0.15, 0.2) is 0 Å². The van der Waals surface area contributed by atoms with E-state index in [0.717, 1.165) is 17.7 Å². The second kappa shape index (κ2) is 5.64. The van der Waals surface area contributed by atoms with Crippen LogP contribution in [0, 0.1) is 11.6 Å². The molecule has 3 nitrogen and oxygen atoms in total. The van der Waals surface area contributed by atoms with Gasteiger partial charge >= 0.3 is 0 Å². The van der Waals surface area contributed by atoms with Crippen molar-refractivity contribution in [2.75, 3.05) is 6.54 Å². The van der Waals surface area contributed by atoms with Crippen molar-refractivity contribution in [2.45, 2.75) is 13.0 Å². The van der Waals surface area contributed by atoms with Crippen LogP contribution < -0.4 is 5.32 Å². The second-order valence-electron chi connectivity index (χ2n) is 3.83. The maximum Gasteiger partial charge on any atom is 0.128 e. The van der Waals surface area contributed by atoms with Crippen LogP contribution in [-0.2, 0) is 0 Å². The van der Waals surface area contributed by atoms with Gasteiger partial charge in [-0.25, -0.2) is 8.78 Å². The Kier molecular flexibility index (Phi) is 3.94. The molecule has 0 spiro atoms. The van der Waals surface area contributed by atoms with E-state index in [1.807, 2.05) is 6.92 Å². The SMILES string of the molecule is CCNC(c1ccnnc1)c1cc(F)ccc1F. The van der Waals surface area contributed by atoms with Crippen LogP contribution in [0.15, 0.2) is 36.7 Å². The van der Waals surface area contributed by atoms with E-state index in [1.54, 1.807) is 6.07 Å². The summed E-state index contributed by atoms with van der Waals surface area (Å²) in [6, 6.07) is 4.73. The van der Waals surface area contributed by atoms with Crippen molar-refractivity contribution >= 4 is 0 Å². The molecule has 94 valence electrons. The van der Waals surface area contributed by atoms with E-state index < -0.39 is 17.7 Å². The molecule has 1 N–H and O–H groups in total. The molecule has 0 fully saturated rings. The Morgan fingerprint density at radius 1 is 1.22 bits per heavy atom. The number of hydrogen-bond acceptors (Lipinski definition) is 3. The van der Waals surface area contributed by atoms with E-state index >= 15 is 0 Å². The molecule has 0 aliphatic heterocycles. The maximum absolute atomic E-state index is 13.8. The highest BCUT2D eigenvalue weighted by Gasteiger charge is 2.17. The number of rotatable bonds is 4. The van der Waals surface area contributed by atoms with Gasteiger partial charge in [0.25, 0.3) is 0 Å². The first-order valence-electron chi connectivity index (χ1n) is 5.67. The molecule has 2 aromatic rings. The monoisotopic (exact) mass is 249 g/mol. The zero-order valence-corrected chi connectivity index (χ0v) is 9.90. The lowest BCUT2D eigenvalue weighted by Gasteiger charge is -2.18. The third-order valence-corrected chi connectivity index (χ3v) is 2.62. The second-order valence-corrected chi connectivity index (χ2v) is 3.83. The smallest absolute Gasteiger partial charge is 0.128 e. The van der Waals surface area contributed by atoms with Crippen LogP contribution in [0.1, 0.15) is 24.1 Å². The summed E-state index contributed by atoms with van der Waals surface area (Å²) in [7, 11) is 0. The topological polar surface area (TPSA) is 37.8 Å². The Bertz CT molecular complexity index is 517. The zero-order valence-electron chi connectivity index (χ0n) is 9.90. The fourth-order valence-electron chi connectivity index (χ4n) is 1.82. The molecule has 0 aliphatic carbocycles. The molecule has 0 saturated heterocycles. The van der Waals surface area contributed by atoms with Gasteiger partial charge in [0.1, 0.15) is 11.6 Å². The van der Waals surface area contributed by atoms with Crippen molar-refractivity contribution in [3.05, 3.63) is 59.4 Å². The molecule has 0 aliphatic rings. The third-order valence-electron chi connectivity index (χ3n) is 2.62. The summed E-state index contributed by atoms with van der Waals surface area (Å²) in [5.74, 6) is -0.907. The fraction of sp³-hybridized carbons (Fsp3) is 0.231. The van der Waals surface area contributed by atoms with E-state index in [1.165, 1.54) is 18.5 Å². The van der Waals surface area contributed by atoms with Gasteiger partial charge in [0.05, 0.1) is 12.2 Å². The molecule has 5 heteroatoms. The highest BCUT2D eigenvalue weighted by Crippen LogP contribution is 2.24. The molecule has 0 bridgehead atoms. The van der Waals surface area contributed by atoms with Gasteiger partial charge in [-0.1, -0.05) is 6.92 Å². The minimum atomic E-state index is -0.462. The van der Waals surface area contributed by atoms with Crippen LogP contribution in [0.3, 0.4) is 0 Å². The summed E-state index contributed by atoms with van der Waals surface area (Å²) < 4.78 is 27.0. The van der Waals surface area contributed by atoms with Gasteiger partial charge < -0.3 is 5.32 Å². The molecular formula is C13H13F2N3. The van der Waals surface area contributed by atoms with Crippen LogP contribution >= 0.6 is 0 Å². The van der Waals surface area contributed by atoms with E-state index in [9.17, 15) is 8.78 Å². The van der Waals surface area contributed by atoms with E-state index in [-0.39, 0.29) is 5.56 Å². The van der Waals surface area contributed by atoms with Crippen LogP contribution in [0.2, 0.25) is 0 Å². The van der Waals surface area contributed by atoms with Crippen LogP contribution in [0.5, 0.6) is 0 Å². The predicted octanol–water partition coefficient (Wildman–Crippen LogP) is 2.45. The van der Waals surface area contributed by atoms with Crippen molar-refractivity contribution in [2.24, 2.45) is 0 Å². The molecule has 1 heterocycles.